The van der Waals surface area contributed by atoms with Crippen LogP contribution in [-0.4, -0.2) is 62.4 Å². The molecule has 42 heavy (non-hydrogen) atoms. The molecule has 220 valence electrons. The van der Waals surface area contributed by atoms with E-state index in [4.69, 9.17) is 21.0 Å². The van der Waals surface area contributed by atoms with E-state index in [1.54, 1.807) is 36.4 Å². The number of carbonyl (C=O) groups excluding carboxylic acids is 1. The van der Waals surface area contributed by atoms with Gasteiger partial charge in [-0.1, -0.05) is 43.3 Å². The zero-order chi connectivity index (χ0) is 29.7. The number of hydroxylamine groups is 2. The van der Waals surface area contributed by atoms with Crippen LogP contribution in [0.3, 0.4) is 0 Å². The number of rotatable bonds is 9. The third kappa shape index (κ3) is 6.71. The van der Waals surface area contributed by atoms with Crippen molar-refractivity contribution >= 4 is 39.2 Å². The second-order valence-electron chi connectivity index (χ2n) is 10.2. The van der Waals surface area contributed by atoms with Gasteiger partial charge in [0.2, 0.25) is 10.0 Å². The van der Waals surface area contributed by atoms with Crippen LogP contribution in [0.15, 0.2) is 82.2 Å². The van der Waals surface area contributed by atoms with Gasteiger partial charge in [0.1, 0.15) is 12.4 Å². The van der Waals surface area contributed by atoms with E-state index in [9.17, 15) is 13.2 Å². The van der Waals surface area contributed by atoms with Crippen molar-refractivity contribution in [1.29, 1.82) is 0 Å². The van der Waals surface area contributed by atoms with Crippen LogP contribution in [0, 0.1) is 0 Å². The van der Waals surface area contributed by atoms with Gasteiger partial charge in [-0.25, -0.2) is 18.5 Å². The van der Waals surface area contributed by atoms with Crippen molar-refractivity contribution in [3.8, 4) is 11.1 Å². The smallest absolute Gasteiger partial charge is 0.273 e. The van der Waals surface area contributed by atoms with Crippen molar-refractivity contribution in [2.45, 2.75) is 31.3 Å². The Morgan fingerprint density at radius 2 is 1.76 bits per heavy atom. The van der Waals surface area contributed by atoms with Gasteiger partial charge in [0.25, 0.3) is 5.91 Å². The highest BCUT2D eigenvalue weighted by molar-refractivity contribution is 7.89. The van der Waals surface area contributed by atoms with E-state index in [-0.39, 0.29) is 23.8 Å². The number of fused-ring (bicyclic) bond motifs is 1. The van der Waals surface area contributed by atoms with Crippen molar-refractivity contribution in [3.05, 3.63) is 83.4 Å². The summed E-state index contributed by atoms with van der Waals surface area (Å²) in [5, 5.41) is 1.37. The average Bonchev–Trinajstić information content (AvgIpc) is 3.17. The molecule has 3 aromatic rings. The first-order valence-corrected chi connectivity index (χ1v) is 15.3. The highest BCUT2D eigenvalue weighted by Crippen LogP contribution is 2.33. The summed E-state index contributed by atoms with van der Waals surface area (Å²) in [5.74, 6) is 0.0209. The molecule has 10 nitrogen and oxygen atoms in total. The van der Waals surface area contributed by atoms with Crippen LogP contribution in [0.25, 0.3) is 17.2 Å². The maximum absolute atomic E-state index is 13.6. The highest BCUT2D eigenvalue weighted by Gasteiger charge is 2.27. The largest absolute Gasteiger partial charge is 0.399 e. The van der Waals surface area contributed by atoms with Crippen molar-refractivity contribution in [1.82, 2.24) is 9.37 Å². The van der Waals surface area contributed by atoms with Gasteiger partial charge < -0.3 is 16.2 Å². The molecule has 0 aliphatic carbocycles. The Morgan fingerprint density at radius 3 is 2.50 bits per heavy atom. The van der Waals surface area contributed by atoms with E-state index in [1.807, 2.05) is 43.3 Å². The number of morpholine rings is 1. The average molecular weight is 590 g/mol. The molecule has 0 atom stereocenters. The van der Waals surface area contributed by atoms with E-state index in [0.717, 1.165) is 22.3 Å². The standard InChI is InChI=1S/C31H35N5O5S/c1-2-12-36(41-21-22-6-10-27(32)11-7-22)31(37)26-17-25-9-8-24(19-29(25)34-30(33)20-26)23-4-3-5-28(18-23)42(38,39)35-13-15-40-16-14-35/h3-11,17-19H,2,12-16,20-21,32H2,1H3,(H2,33,34). The summed E-state index contributed by atoms with van der Waals surface area (Å²) in [7, 11) is -3.64. The Labute approximate surface area is 246 Å². The lowest BCUT2D eigenvalue weighted by molar-refractivity contribution is -0.187. The molecule has 0 unspecified atom stereocenters. The van der Waals surface area contributed by atoms with Crippen LogP contribution < -0.4 is 11.5 Å². The molecule has 5 rings (SSSR count). The molecule has 0 radical (unpaired) electrons. The first-order chi connectivity index (χ1) is 20.2. The number of hydrogen-bond acceptors (Lipinski definition) is 8. The van der Waals surface area contributed by atoms with Gasteiger partial charge in [-0.15, -0.1) is 0 Å². The van der Waals surface area contributed by atoms with Crippen molar-refractivity contribution in [2.75, 3.05) is 38.6 Å². The molecule has 1 saturated heterocycles. The zero-order valence-corrected chi connectivity index (χ0v) is 24.3. The molecule has 0 spiro atoms. The van der Waals surface area contributed by atoms with Crippen LogP contribution in [0.1, 0.15) is 30.9 Å². The first kappa shape index (κ1) is 29.5. The Kier molecular flexibility index (Phi) is 9.03. The number of benzene rings is 3. The number of amides is 1. The third-order valence-electron chi connectivity index (χ3n) is 7.07. The lowest BCUT2D eigenvalue weighted by atomic mass is 10.0. The topological polar surface area (TPSA) is 141 Å². The molecule has 11 heteroatoms. The number of nitrogens with two attached hydrogens (primary N) is 2. The van der Waals surface area contributed by atoms with Gasteiger partial charge in [-0.05, 0) is 59.5 Å². The Morgan fingerprint density at radius 1 is 1.02 bits per heavy atom. The van der Waals surface area contributed by atoms with Crippen molar-refractivity contribution < 1.29 is 22.8 Å². The number of hydrogen-bond donors (Lipinski definition) is 2. The minimum atomic E-state index is -3.64. The number of ether oxygens (including phenoxy) is 1. The van der Waals surface area contributed by atoms with Gasteiger partial charge in [-0.2, -0.15) is 4.31 Å². The minimum absolute atomic E-state index is 0.168. The van der Waals surface area contributed by atoms with Crippen LogP contribution in [0.2, 0.25) is 0 Å². The Hall–Kier alpha value is -4.03. The maximum Gasteiger partial charge on any atom is 0.273 e. The number of nitrogen functional groups attached to an aromatic ring is 1. The van der Waals surface area contributed by atoms with E-state index >= 15 is 0 Å². The number of anilines is 1. The fraction of sp³-hybridized carbons (Fsp3) is 0.290. The molecule has 1 fully saturated rings. The molecular formula is C31H35N5O5S. The number of aliphatic imine (C=N–C) groups is 1. The summed E-state index contributed by atoms with van der Waals surface area (Å²) >= 11 is 0. The maximum atomic E-state index is 13.6. The lowest BCUT2D eigenvalue weighted by Gasteiger charge is -2.26. The summed E-state index contributed by atoms with van der Waals surface area (Å²) in [4.78, 5) is 24.3. The van der Waals surface area contributed by atoms with Crippen molar-refractivity contribution in [3.63, 3.8) is 0 Å². The van der Waals surface area contributed by atoms with Gasteiger partial charge in [-0.3, -0.25) is 9.63 Å². The second-order valence-corrected chi connectivity index (χ2v) is 12.1. The van der Waals surface area contributed by atoms with Gasteiger partial charge in [0.15, 0.2) is 0 Å². The molecule has 3 aromatic carbocycles. The number of sulfonamides is 1. The molecule has 2 aliphatic heterocycles. The molecule has 2 aliphatic rings. The fourth-order valence-corrected chi connectivity index (χ4v) is 6.29. The van der Waals surface area contributed by atoms with Crippen LogP contribution in [0.4, 0.5) is 11.4 Å². The van der Waals surface area contributed by atoms with Crippen molar-refractivity contribution in [2.24, 2.45) is 10.7 Å². The Bertz CT molecular complexity index is 1610. The van der Waals surface area contributed by atoms with Crippen LogP contribution in [0.5, 0.6) is 0 Å². The second kappa shape index (κ2) is 12.9. The molecule has 1 amide bonds. The first-order valence-electron chi connectivity index (χ1n) is 13.9. The van der Waals surface area contributed by atoms with E-state index in [1.165, 1.54) is 9.37 Å². The van der Waals surface area contributed by atoms with Crippen LogP contribution >= 0.6 is 0 Å². The SMILES string of the molecule is CCCN(OCc1ccc(N)cc1)C(=O)C1=Cc2ccc(-c3cccc(S(=O)(=O)N4CCOCC4)c3)cc2N=C(N)C1. The normalized spacial score (nSPS) is 15.7. The number of amidine groups is 1. The molecule has 0 saturated carbocycles. The van der Waals surface area contributed by atoms with E-state index in [0.29, 0.717) is 62.1 Å². The zero-order valence-electron chi connectivity index (χ0n) is 23.5. The molecule has 2 heterocycles. The van der Waals surface area contributed by atoms with Crippen LogP contribution in [-0.2, 0) is 31.0 Å². The summed E-state index contributed by atoms with van der Waals surface area (Å²) in [6.07, 6.45) is 2.67. The number of nitrogens with zero attached hydrogens (tertiary/aromatic N) is 3. The predicted octanol–water partition coefficient (Wildman–Crippen LogP) is 4.10. The minimum Gasteiger partial charge on any atom is -0.399 e. The monoisotopic (exact) mass is 589 g/mol. The summed E-state index contributed by atoms with van der Waals surface area (Å²) in [6, 6.07) is 19.8. The van der Waals surface area contributed by atoms with Gasteiger partial charge in [0.05, 0.1) is 23.8 Å². The quantitative estimate of drug-likeness (QED) is 0.283. The molecule has 4 N–H and O–H groups in total. The van der Waals surface area contributed by atoms with E-state index < -0.39 is 10.0 Å². The summed E-state index contributed by atoms with van der Waals surface area (Å²) in [5.41, 5.74) is 16.9. The lowest BCUT2D eigenvalue weighted by Crippen LogP contribution is -2.40. The fourth-order valence-electron chi connectivity index (χ4n) is 4.83. The molecule has 0 bridgehead atoms. The molecule has 0 aromatic heterocycles. The van der Waals surface area contributed by atoms with E-state index in [2.05, 4.69) is 4.99 Å². The summed E-state index contributed by atoms with van der Waals surface area (Å²) < 4.78 is 33.2. The predicted molar refractivity (Wildman–Crippen MR) is 163 cm³/mol. The van der Waals surface area contributed by atoms with Gasteiger partial charge in [0, 0.05) is 42.9 Å². The number of carbonyl (C=O) groups is 1. The highest BCUT2D eigenvalue weighted by atomic mass is 32.2. The Balaban J connectivity index is 1.39. The van der Waals surface area contributed by atoms with Gasteiger partial charge >= 0.3 is 0 Å². The summed E-state index contributed by atoms with van der Waals surface area (Å²) in [6.45, 7) is 4.03. The molecular weight excluding hydrogens is 554 g/mol. The third-order valence-corrected chi connectivity index (χ3v) is 8.96.